The van der Waals surface area contributed by atoms with E-state index in [1.54, 1.807) is 0 Å². The lowest BCUT2D eigenvalue weighted by molar-refractivity contribution is 0.0980. The Labute approximate surface area is 171 Å². The fraction of sp³-hybridized carbons (Fsp3) is 0.261. The SMILES string of the molecule is NCc1ccc(COCc2cccc(COCc3ccc(C4NN4)cc3)n2)cc1. The maximum atomic E-state index is 5.83. The monoisotopic (exact) mass is 390 g/mol. The summed E-state index contributed by atoms with van der Waals surface area (Å²) in [6.07, 6.45) is 0.296. The van der Waals surface area contributed by atoms with Crippen molar-refractivity contribution >= 4 is 0 Å². The van der Waals surface area contributed by atoms with Gasteiger partial charge >= 0.3 is 0 Å². The van der Waals surface area contributed by atoms with Gasteiger partial charge in [0, 0.05) is 6.54 Å². The molecule has 2 heterocycles. The summed E-state index contributed by atoms with van der Waals surface area (Å²) in [7, 11) is 0. The zero-order chi connectivity index (χ0) is 19.9. The molecule has 1 aliphatic rings. The Morgan fingerprint density at radius 2 is 1.21 bits per heavy atom. The molecule has 0 atom stereocenters. The summed E-state index contributed by atoms with van der Waals surface area (Å²) in [5.74, 6) is 0. The average molecular weight is 390 g/mol. The van der Waals surface area contributed by atoms with Crippen LogP contribution < -0.4 is 16.6 Å². The highest BCUT2D eigenvalue weighted by Gasteiger charge is 2.20. The zero-order valence-electron chi connectivity index (χ0n) is 16.3. The van der Waals surface area contributed by atoms with Gasteiger partial charge in [-0.1, -0.05) is 54.6 Å². The fourth-order valence-corrected chi connectivity index (χ4v) is 3.02. The maximum Gasteiger partial charge on any atom is 0.109 e. The largest absolute Gasteiger partial charge is 0.370 e. The number of rotatable bonds is 10. The molecular weight excluding hydrogens is 364 g/mol. The maximum absolute atomic E-state index is 5.83. The quantitative estimate of drug-likeness (QED) is 0.460. The first kappa shape index (κ1) is 19.7. The molecule has 0 bridgehead atoms. The van der Waals surface area contributed by atoms with E-state index in [0.29, 0.717) is 39.1 Å². The molecule has 29 heavy (non-hydrogen) atoms. The van der Waals surface area contributed by atoms with Crippen LogP contribution in [-0.4, -0.2) is 4.98 Å². The molecule has 6 heteroatoms. The third-order valence-corrected chi connectivity index (χ3v) is 4.76. The Hall–Kier alpha value is -2.61. The van der Waals surface area contributed by atoms with Gasteiger partial charge in [0.2, 0.25) is 0 Å². The fourth-order valence-electron chi connectivity index (χ4n) is 3.02. The summed E-state index contributed by atoms with van der Waals surface area (Å²) in [6, 6.07) is 22.5. The summed E-state index contributed by atoms with van der Waals surface area (Å²) in [5.41, 5.74) is 18.2. The van der Waals surface area contributed by atoms with E-state index >= 15 is 0 Å². The van der Waals surface area contributed by atoms with E-state index in [-0.39, 0.29) is 0 Å². The second-order valence-corrected chi connectivity index (χ2v) is 7.09. The summed E-state index contributed by atoms with van der Waals surface area (Å²) >= 11 is 0. The molecule has 0 amide bonds. The molecule has 3 aromatic rings. The van der Waals surface area contributed by atoms with E-state index in [4.69, 9.17) is 15.2 Å². The second-order valence-electron chi connectivity index (χ2n) is 7.09. The van der Waals surface area contributed by atoms with Crippen LogP contribution in [0.25, 0.3) is 0 Å². The first-order chi connectivity index (χ1) is 14.3. The van der Waals surface area contributed by atoms with Crippen molar-refractivity contribution in [2.45, 2.75) is 39.1 Å². The van der Waals surface area contributed by atoms with Crippen molar-refractivity contribution in [1.82, 2.24) is 15.8 Å². The van der Waals surface area contributed by atoms with Crippen LogP contribution in [0, 0.1) is 0 Å². The molecule has 6 nitrogen and oxygen atoms in total. The van der Waals surface area contributed by atoms with Gasteiger partial charge in [0.25, 0.3) is 0 Å². The van der Waals surface area contributed by atoms with Crippen LogP contribution in [0.4, 0.5) is 0 Å². The van der Waals surface area contributed by atoms with Crippen LogP contribution in [0.2, 0.25) is 0 Å². The summed E-state index contributed by atoms with van der Waals surface area (Å²) in [5, 5.41) is 0. The van der Waals surface area contributed by atoms with Crippen LogP contribution in [0.15, 0.2) is 66.7 Å². The molecule has 1 saturated heterocycles. The van der Waals surface area contributed by atoms with Crippen molar-refractivity contribution in [2.24, 2.45) is 5.73 Å². The Morgan fingerprint density at radius 3 is 1.72 bits per heavy atom. The zero-order valence-corrected chi connectivity index (χ0v) is 16.3. The number of nitrogens with one attached hydrogen (secondary N) is 2. The molecule has 1 aromatic heterocycles. The van der Waals surface area contributed by atoms with Crippen LogP contribution in [0.5, 0.6) is 0 Å². The lowest BCUT2D eigenvalue weighted by Gasteiger charge is -2.08. The number of hydrogen-bond acceptors (Lipinski definition) is 6. The Bertz CT molecular complexity index is 909. The molecular formula is C23H26N4O2. The molecule has 4 N–H and O–H groups in total. The van der Waals surface area contributed by atoms with Crippen molar-refractivity contribution in [3.05, 3.63) is 100 Å². The highest BCUT2D eigenvalue weighted by molar-refractivity contribution is 5.26. The minimum atomic E-state index is 0.296. The van der Waals surface area contributed by atoms with E-state index in [9.17, 15) is 0 Å². The van der Waals surface area contributed by atoms with Crippen molar-refractivity contribution in [3.63, 3.8) is 0 Å². The third-order valence-electron chi connectivity index (χ3n) is 4.76. The molecule has 0 aliphatic carbocycles. The third kappa shape index (κ3) is 5.93. The average Bonchev–Trinajstić information content (AvgIpc) is 3.61. The van der Waals surface area contributed by atoms with E-state index < -0.39 is 0 Å². The molecule has 0 radical (unpaired) electrons. The van der Waals surface area contributed by atoms with Gasteiger partial charge in [0.15, 0.2) is 0 Å². The molecule has 150 valence electrons. The smallest absolute Gasteiger partial charge is 0.109 e. The lowest BCUT2D eigenvalue weighted by atomic mass is 10.1. The first-order valence-corrected chi connectivity index (χ1v) is 9.78. The van der Waals surface area contributed by atoms with Gasteiger partial charge < -0.3 is 15.2 Å². The van der Waals surface area contributed by atoms with Crippen LogP contribution in [0.3, 0.4) is 0 Å². The van der Waals surface area contributed by atoms with Crippen LogP contribution >= 0.6 is 0 Å². The van der Waals surface area contributed by atoms with Gasteiger partial charge in [-0.25, -0.2) is 10.9 Å². The van der Waals surface area contributed by atoms with Gasteiger partial charge in [0.1, 0.15) is 6.17 Å². The topological polar surface area (TPSA) is 101 Å². The number of benzene rings is 2. The lowest BCUT2D eigenvalue weighted by Crippen LogP contribution is -2.02. The molecule has 4 rings (SSSR count). The normalized spacial score (nSPS) is 13.6. The Balaban J connectivity index is 1.21. The van der Waals surface area contributed by atoms with Gasteiger partial charge in [-0.15, -0.1) is 0 Å². The predicted octanol–water partition coefficient (Wildman–Crippen LogP) is 3.08. The number of ether oxygens (including phenoxy) is 2. The Kier molecular flexibility index (Phi) is 6.61. The van der Waals surface area contributed by atoms with Crippen molar-refractivity contribution in [1.29, 1.82) is 0 Å². The number of nitrogens with zero attached hydrogens (tertiary/aromatic N) is 1. The van der Waals surface area contributed by atoms with Crippen molar-refractivity contribution in [3.8, 4) is 0 Å². The highest BCUT2D eigenvalue weighted by Crippen LogP contribution is 2.17. The molecule has 0 saturated carbocycles. The number of pyridine rings is 1. The van der Waals surface area contributed by atoms with Crippen LogP contribution in [0.1, 0.15) is 39.8 Å². The van der Waals surface area contributed by atoms with Gasteiger partial charge in [-0.2, -0.15) is 0 Å². The summed E-state index contributed by atoms with van der Waals surface area (Å²) < 4.78 is 11.6. The predicted molar refractivity (Wildman–Crippen MR) is 111 cm³/mol. The summed E-state index contributed by atoms with van der Waals surface area (Å²) in [4.78, 5) is 4.63. The van der Waals surface area contributed by atoms with Crippen molar-refractivity contribution < 1.29 is 9.47 Å². The summed E-state index contributed by atoms with van der Waals surface area (Å²) in [6.45, 7) is 2.61. The molecule has 1 fully saturated rings. The van der Waals surface area contributed by atoms with Crippen LogP contribution in [-0.2, 0) is 42.4 Å². The molecule has 1 aliphatic heterocycles. The molecule has 0 spiro atoms. The van der Waals surface area contributed by atoms with E-state index in [1.165, 1.54) is 5.56 Å². The Morgan fingerprint density at radius 1 is 0.690 bits per heavy atom. The highest BCUT2D eigenvalue weighted by atomic mass is 16.5. The minimum Gasteiger partial charge on any atom is -0.370 e. The van der Waals surface area contributed by atoms with Crippen molar-refractivity contribution in [2.75, 3.05) is 0 Å². The molecule has 2 aromatic carbocycles. The van der Waals surface area contributed by atoms with Gasteiger partial charge in [-0.05, 0) is 34.4 Å². The van der Waals surface area contributed by atoms with Gasteiger partial charge in [0.05, 0.1) is 37.8 Å². The van der Waals surface area contributed by atoms with E-state index in [1.807, 2.05) is 42.5 Å². The number of hydrazine groups is 1. The first-order valence-electron chi connectivity index (χ1n) is 9.78. The van der Waals surface area contributed by atoms with Gasteiger partial charge in [-0.3, -0.25) is 4.98 Å². The second kappa shape index (κ2) is 9.73. The van der Waals surface area contributed by atoms with E-state index in [2.05, 4.69) is 40.1 Å². The standard InChI is InChI=1S/C23H26N4O2/c24-12-17-4-6-18(7-5-17)13-28-15-21-2-1-3-22(25-21)16-29-14-19-8-10-20(11-9-19)23-26-27-23/h1-11,23,26-27H,12-16,24H2. The van der Waals surface area contributed by atoms with E-state index in [0.717, 1.165) is 28.1 Å². The number of nitrogens with two attached hydrogens (primary N) is 1. The number of hydrogen-bond donors (Lipinski definition) is 3. The number of aromatic nitrogens is 1. The minimum absolute atomic E-state index is 0.296. The molecule has 0 unspecified atom stereocenters.